The summed E-state index contributed by atoms with van der Waals surface area (Å²) in [7, 11) is 0. The number of morpholine rings is 1. The number of carbonyl (C=O) groups excluding carboxylic acids is 1. The zero-order chi connectivity index (χ0) is 18.4. The Labute approximate surface area is 158 Å². The monoisotopic (exact) mass is 375 g/mol. The second kappa shape index (κ2) is 9.05. The fourth-order valence-corrected chi connectivity index (χ4v) is 3.72. The van der Waals surface area contributed by atoms with Crippen molar-refractivity contribution in [1.29, 1.82) is 0 Å². The van der Waals surface area contributed by atoms with E-state index in [9.17, 15) is 4.79 Å². The summed E-state index contributed by atoms with van der Waals surface area (Å²) < 4.78 is 7.47. The van der Waals surface area contributed by atoms with Gasteiger partial charge in [0.2, 0.25) is 11.9 Å². The number of ether oxygens (including phenoxy) is 1. The fraction of sp³-hybridized carbons (Fsp3) is 0.500. The Morgan fingerprint density at radius 3 is 2.69 bits per heavy atom. The molecule has 3 rings (SSSR count). The Hall–Kier alpha value is -2.06. The highest BCUT2D eigenvalue weighted by Crippen LogP contribution is 2.26. The van der Waals surface area contributed by atoms with Gasteiger partial charge in [-0.15, -0.1) is 10.2 Å². The van der Waals surface area contributed by atoms with E-state index in [0.717, 1.165) is 36.3 Å². The molecule has 0 aliphatic carbocycles. The van der Waals surface area contributed by atoms with Crippen LogP contribution in [0.15, 0.2) is 35.5 Å². The Morgan fingerprint density at radius 2 is 2.00 bits per heavy atom. The topological polar surface area (TPSA) is 72.3 Å². The molecule has 0 saturated carbocycles. The van der Waals surface area contributed by atoms with Gasteiger partial charge in [0.15, 0.2) is 5.16 Å². The molecule has 1 aromatic heterocycles. The highest BCUT2D eigenvalue weighted by molar-refractivity contribution is 8.00. The number of thioether (sulfide) groups is 1. The van der Waals surface area contributed by atoms with Crippen LogP contribution in [0, 0.1) is 0 Å². The van der Waals surface area contributed by atoms with Gasteiger partial charge in [-0.05, 0) is 19.4 Å². The third-order valence-electron chi connectivity index (χ3n) is 4.27. The molecule has 1 fully saturated rings. The van der Waals surface area contributed by atoms with Crippen molar-refractivity contribution in [2.24, 2.45) is 0 Å². The zero-order valence-corrected chi connectivity index (χ0v) is 16.0. The average molecular weight is 375 g/mol. The average Bonchev–Trinajstić information content (AvgIpc) is 3.10. The van der Waals surface area contributed by atoms with Gasteiger partial charge in [0.25, 0.3) is 0 Å². The maximum Gasteiger partial charge on any atom is 0.233 e. The van der Waals surface area contributed by atoms with Gasteiger partial charge in [0, 0.05) is 26.2 Å². The van der Waals surface area contributed by atoms with E-state index in [2.05, 4.69) is 31.9 Å². The highest BCUT2D eigenvalue weighted by atomic mass is 32.2. The van der Waals surface area contributed by atoms with Gasteiger partial charge in [0.05, 0.1) is 18.5 Å². The minimum Gasteiger partial charge on any atom is -0.378 e. The van der Waals surface area contributed by atoms with Gasteiger partial charge < -0.3 is 15.0 Å². The Morgan fingerprint density at radius 1 is 1.27 bits per heavy atom. The number of rotatable bonds is 7. The molecule has 1 saturated heterocycles. The summed E-state index contributed by atoms with van der Waals surface area (Å²) in [6.45, 7) is 8.30. The van der Waals surface area contributed by atoms with E-state index in [-0.39, 0.29) is 11.2 Å². The number of carbonyl (C=O) groups is 1. The lowest BCUT2D eigenvalue weighted by Gasteiger charge is -2.27. The van der Waals surface area contributed by atoms with Crippen molar-refractivity contribution in [3.8, 4) is 0 Å². The number of nitrogens with zero attached hydrogens (tertiary/aromatic N) is 4. The lowest BCUT2D eigenvalue weighted by molar-refractivity contribution is -0.120. The molecule has 0 spiro atoms. The van der Waals surface area contributed by atoms with E-state index in [1.54, 1.807) is 0 Å². The second-order valence-corrected chi connectivity index (χ2v) is 7.40. The van der Waals surface area contributed by atoms with Crippen LogP contribution in [0.25, 0.3) is 0 Å². The van der Waals surface area contributed by atoms with Crippen molar-refractivity contribution in [3.05, 3.63) is 35.9 Å². The Bertz CT molecular complexity index is 716. The van der Waals surface area contributed by atoms with Gasteiger partial charge >= 0.3 is 0 Å². The van der Waals surface area contributed by atoms with Crippen molar-refractivity contribution >= 4 is 23.6 Å². The van der Waals surface area contributed by atoms with E-state index in [1.807, 2.05) is 37.3 Å². The van der Waals surface area contributed by atoms with Gasteiger partial charge in [-0.25, -0.2) is 0 Å². The molecule has 7 nitrogen and oxygen atoms in total. The molecular formula is C18H25N5O2S. The molecule has 1 N–H and O–H groups in total. The van der Waals surface area contributed by atoms with Crippen LogP contribution >= 0.6 is 11.8 Å². The Balaban J connectivity index is 1.60. The number of amides is 1. The summed E-state index contributed by atoms with van der Waals surface area (Å²) in [6, 6.07) is 9.90. The third-order valence-corrected chi connectivity index (χ3v) is 5.35. The quantitative estimate of drug-likeness (QED) is 0.746. The van der Waals surface area contributed by atoms with Gasteiger partial charge in [-0.1, -0.05) is 42.1 Å². The molecule has 140 valence electrons. The summed E-state index contributed by atoms with van der Waals surface area (Å²) in [5.41, 5.74) is 1.09. The largest absolute Gasteiger partial charge is 0.378 e. The molecule has 2 aromatic rings. The first-order chi connectivity index (χ1) is 12.7. The molecule has 0 unspecified atom stereocenters. The first-order valence-corrected chi connectivity index (χ1v) is 9.81. The molecule has 0 bridgehead atoms. The van der Waals surface area contributed by atoms with Crippen LogP contribution in [0.5, 0.6) is 0 Å². The summed E-state index contributed by atoms with van der Waals surface area (Å²) in [5, 5.41) is 12.2. The van der Waals surface area contributed by atoms with E-state index in [4.69, 9.17) is 4.74 Å². The van der Waals surface area contributed by atoms with Crippen molar-refractivity contribution in [2.45, 2.75) is 37.3 Å². The first kappa shape index (κ1) is 18.7. The van der Waals surface area contributed by atoms with Crippen LogP contribution in [-0.4, -0.2) is 52.2 Å². The first-order valence-electron chi connectivity index (χ1n) is 8.93. The summed E-state index contributed by atoms with van der Waals surface area (Å²) in [5.74, 6) is 0.854. The molecule has 2 heterocycles. The van der Waals surface area contributed by atoms with Crippen molar-refractivity contribution in [2.75, 3.05) is 31.2 Å². The van der Waals surface area contributed by atoms with Crippen LogP contribution in [0.4, 0.5) is 5.95 Å². The van der Waals surface area contributed by atoms with Crippen molar-refractivity contribution in [1.82, 2.24) is 20.1 Å². The van der Waals surface area contributed by atoms with Crippen molar-refractivity contribution in [3.63, 3.8) is 0 Å². The van der Waals surface area contributed by atoms with E-state index in [1.165, 1.54) is 11.8 Å². The molecular weight excluding hydrogens is 350 g/mol. The van der Waals surface area contributed by atoms with Crippen molar-refractivity contribution < 1.29 is 9.53 Å². The Kier molecular flexibility index (Phi) is 6.51. The zero-order valence-electron chi connectivity index (χ0n) is 15.2. The number of hydrogen-bond donors (Lipinski definition) is 1. The molecule has 1 aromatic carbocycles. The summed E-state index contributed by atoms with van der Waals surface area (Å²) >= 11 is 1.44. The molecule has 1 aliphatic heterocycles. The van der Waals surface area contributed by atoms with E-state index < -0.39 is 0 Å². The van der Waals surface area contributed by atoms with Crippen LogP contribution in [-0.2, 0) is 22.6 Å². The predicted molar refractivity (Wildman–Crippen MR) is 102 cm³/mol. The molecule has 0 radical (unpaired) electrons. The van der Waals surface area contributed by atoms with Crippen LogP contribution in [0.2, 0.25) is 0 Å². The SMILES string of the molecule is CCn1c(S[C@@H](C)C(=O)NCc2ccccc2)nnc1N1CCOCC1. The summed E-state index contributed by atoms with van der Waals surface area (Å²) in [4.78, 5) is 14.6. The lowest BCUT2D eigenvalue weighted by Crippen LogP contribution is -2.38. The third kappa shape index (κ3) is 4.56. The van der Waals surface area contributed by atoms with E-state index >= 15 is 0 Å². The smallest absolute Gasteiger partial charge is 0.233 e. The molecule has 1 aliphatic rings. The maximum atomic E-state index is 12.4. The number of hydrogen-bond acceptors (Lipinski definition) is 6. The summed E-state index contributed by atoms with van der Waals surface area (Å²) in [6.07, 6.45) is 0. The number of benzene rings is 1. The van der Waals surface area contributed by atoms with Crippen LogP contribution in [0.1, 0.15) is 19.4 Å². The normalized spacial score (nSPS) is 15.7. The number of nitrogens with one attached hydrogen (secondary N) is 1. The minimum absolute atomic E-state index is 0.00238. The maximum absolute atomic E-state index is 12.4. The molecule has 1 amide bonds. The fourth-order valence-electron chi connectivity index (χ4n) is 2.78. The second-order valence-electron chi connectivity index (χ2n) is 6.09. The molecule has 26 heavy (non-hydrogen) atoms. The number of aromatic nitrogens is 3. The van der Waals surface area contributed by atoms with Crippen LogP contribution in [0.3, 0.4) is 0 Å². The standard InChI is InChI=1S/C18H25N5O2S/c1-3-23-17(22-9-11-25-12-10-22)20-21-18(23)26-14(2)16(24)19-13-15-7-5-4-6-8-15/h4-8,14H,3,9-13H2,1-2H3,(H,19,24)/t14-/m0/s1. The minimum atomic E-state index is -0.245. The molecule has 1 atom stereocenters. The molecule has 8 heteroatoms. The van der Waals surface area contributed by atoms with Gasteiger partial charge in [-0.2, -0.15) is 0 Å². The highest BCUT2D eigenvalue weighted by Gasteiger charge is 2.23. The van der Waals surface area contributed by atoms with Crippen LogP contribution < -0.4 is 10.2 Å². The predicted octanol–water partition coefficient (Wildman–Crippen LogP) is 1.93. The number of anilines is 1. The van der Waals surface area contributed by atoms with Gasteiger partial charge in [-0.3, -0.25) is 9.36 Å². The van der Waals surface area contributed by atoms with Gasteiger partial charge in [0.1, 0.15) is 0 Å². The van der Waals surface area contributed by atoms with E-state index in [0.29, 0.717) is 19.8 Å². The lowest BCUT2D eigenvalue weighted by atomic mass is 10.2.